The van der Waals surface area contributed by atoms with Crippen LogP contribution in [0.4, 0.5) is 0 Å². The van der Waals surface area contributed by atoms with E-state index in [1.807, 2.05) is 0 Å². The first-order valence-corrected chi connectivity index (χ1v) is 8.52. The largest absolute Gasteiger partial charge is 0.303 e. The molecule has 0 radical (unpaired) electrons. The number of aldehydes is 1. The van der Waals surface area contributed by atoms with Crippen molar-refractivity contribution in [1.82, 2.24) is 4.90 Å². The van der Waals surface area contributed by atoms with Gasteiger partial charge in [-0.05, 0) is 56.9 Å². The third-order valence-electron chi connectivity index (χ3n) is 5.87. The van der Waals surface area contributed by atoms with Crippen LogP contribution in [-0.2, 0) is 4.79 Å². The van der Waals surface area contributed by atoms with Crippen molar-refractivity contribution < 1.29 is 4.79 Å². The summed E-state index contributed by atoms with van der Waals surface area (Å²) in [5, 5.41) is 0. The summed E-state index contributed by atoms with van der Waals surface area (Å²) in [6.07, 6.45) is 11.3. The van der Waals surface area contributed by atoms with Gasteiger partial charge in [-0.25, -0.2) is 0 Å². The molecule has 0 amide bonds. The van der Waals surface area contributed by atoms with E-state index in [0.29, 0.717) is 17.4 Å². The number of nitrogens with zero attached hydrogens (tertiary/aromatic N) is 1. The highest BCUT2D eigenvalue weighted by molar-refractivity contribution is 5.60. The second kappa shape index (κ2) is 6.17. The lowest BCUT2D eigenvalue weighted by molar-refractivity contribution is -0.120. The predicted octanol–water partition coefficient (Wildman–Crippen LogP) is 4.28. The van der Waals surface area contributed by atoms with Gasteiger partial charge in [-0.3, -0.25) is 0 Å². The average molecular weight is 279 g/mol. The molecule has 2 aliphatic rings. The molecule has 2 heteroatoms. The molecule has 2 rings (SSSR count). The number of hydrogen-bond donors (Lipinski definition) is 0. The van der Waals surface area contributed by atoms with Gasteiger partial charge in [-0.15, -0.1) is 0 Å². The summed E-state index contributed by atoms with van der Waals surface area (Å²) in [5.74, 6) is 0.715. The minimum Gasteiger partial charge on any atom is -0.303 e. The fraction of sp³-hybridized carbons (Fsp3) is 0.944. The Labute approximate surface area is 125 Å². The van der Waals surface area contributed by atoms with Crippen LogP contribution in [0.3, 0.4) is 0 Å². The van der Waals surface area contributed by atoms with Crippen molar-refractivity contribution in [2.45, 2.75) is 78.2 Å². The molecule has 2 unspecified atom stereocenters. The molecule has 0 aromatic heterocycles. The summed E-state index contributed by atoms with van der Waals surface area (Å²) in [5.41, 5.74) is 0.471. The Kier molecular flexibility index (Phi) is 4.94. The first-order chi connectivity index (χ1) is 9.36. The molecule has 0 aromatic carbocycles. The summed E-state index contributed by atoms with van der Waals surface area (Å²) in [7, 11) is 2.24. The molecule has 2 saturated carbocycles. The molecule has 0 saturated heterocycles. The van der Waals surface area contributed by atoms with E-state index < -0.39 is 0 Å². The number of carbonyl (C=O) groups excluding carboxylic acids is 1. The normalized spacial score (nSPS) is 35.1. The molecule has 0 N–H and O–H groups in total. The Hall–Kier alpha value is -0.370. The van der Waals surface area contributed by atoms with Crippen LogP contribution < -0.4 is 0 Å². The van der Waals surface area contributed by atoms with Crippen LogP contribution in [0, 0.1) is 16.7 Å². The molecule has 2 atom stereocenters. The number of carbonyl (C=O) groups is 1. The highest BCUT2D eigenvalue weighted by Crippen LogP contribution is 2.41. The maximum Gasteiger partial charge on any atom is 0.127 e. The Bertz CT molecular complexity index is 328. The van der Waals surface area contributed by atoms with Crippen molar-refractivity contribution in [3.05, 3.63) is 0 Å². The maximum absolute atomic E-state index is 11.7. The SMILES string of the molecule is CC1CCCC(C=O)(CN(C)C2CCC(C)(C)CC2)C1. The monoisotopic (exact) mass is 279 g/mol. The Morgan fingerprint density at radius 2 is 1.80 bits per heavy atom. The second-order valence-corrected chi connectivity index (χ2v) is 8.49. The van der Waals surface area contributed by atoms with Crippen LogP contribution in [0.2, 0.25) is 0 Å². The van der Waals surface area contributed by atoms with Crippen LogP contribution in [0.5, 0.6) is 0 Å². The number of hydrogen-bond acceptors (Lipinski definition) is 2. The zero-order chi connectivity index (χ0) is 14.8. The summed E-state index contributed by atoms with van der Waals surface area (Å²) in [6, 6.07) is 0.692. The van der Waals surface area contributed by atoms with Gasteiger partial charge < -0.3 is 9.69 Å². The van der Waals surface area contributed by atoms with Gasteiger partial charge in [0.15, 0.2) is 0 Å². The summed E-state index contributed by atoms with van der Waals surface area (Å²) in [4.78, 5) is 14.2. The van der Waals surface area contributed by atoms with Gasteiger partial charge >= 0.3 is 0 Å². The van der Waals surface area contributed by atoms with E-state index in [4.69, 9.17) is 0 Å². The van der Waals surface area contributed by atoms with Crippen molar-refractivity contribution in [2.24, 2.45) is 16.7 Å². The molecule has 0 aromatic rings. The van der Waals surface area contributed by atoms with Gasteiger partial charge in [0.2, 0.25) is 0 Å². The quantitative estimate of drug-likeness (QED) is 0.716. The van der Waals surface area contributed by atoms with Crippen LogP contribution >= 0.6 is 0 Å². The molecule has 2 aliphatic carbocycles. The Balaban J connectivity index is 1.92. The van der Waals surface area contributed by atoms with E-state index in [0.717, 1.165) is 19.4 Å². The minimum absolute atomic E-state index is 0.0562. The van der Waals surface area contributed by atoms with Gasteiger partial charge in [0, 0.05) is 18.0 Å². The highest BCUT2D eigenvalue weighted by Gasteiger charge is 2.38. The first-order valence-electron chi connectivity index (χ1n) is 8.52. The van der Waals surface area contributed by atoms with E-state index in [-0.39, 0.29) is 5.41 Å². The predicted molar refractivity (Wildman–Crippen MR) is 84.8 cm³/mol. The van der Waals surface area contributed by atoms with Crippen LogP contribution in [0.15, 0.2) is 0 Å². The van der Waals surface area contributed by atoms with Gasteiger partial charge in [0.1, 0.15) is 6.29 Å². The minimum atomic E-state index is -0.0562. The Morgan fingerprint density at radius 3 is 2.35 bits per heavy atom. The fourth-order valence-corrected chi connectivity index (χ4v) is 4.44. The molecule has 2 nitrogen and oxygen atoms in total. The zero-order valence-electron chi connectivity index (χ0n) is 14.0. The summed E-state index contributed by atoms with van der Waals surface area (Å²) < 4.78 is 0. The van der Waals surface area contributed by atoms with E-state index in [9.17, 15) is 4.79 Å². The average Bonchev–Trinajstić information content (AvgIpc) is 2.38. The molecule has 0 bridgehead atoms. The van der Waals surface area contributed by atoms with Crippen molar-refractivity contribution in [3.8, 4) is 0 Å². The maximum atomic E-state index is 11.7. The van der Waals surface area contributed by atoms with Crippen LogP contribution in [0.25, 0.3) is 0 Å². The topological polar surface area (TPSA) is 20.3 Å². The van der Waals surface area contributed by atoms with E-state index in [1.165, 1.54) is 44.8 Å². The smallest absolute Gasteiger partial charge is 0.127 e. The van der Waals surface area contributed by atoms with E-state index in [2.05, 4.69) is 32.7 Å². The molecular formula is C18H33NO. The molecule has 0 spiro atoms. The van der Waals surface area contributed by atoms with Crippen molar-refractivity contribution in [2.75, 3.05) is 13.6 Å². The molecule has 2 fully saturated rings. The fourth-order valence-electron chi connectivity index (χ4n) is 4.44. The highest BCUT2D eigenvalue weighted by atomic mass is 16.1. The zero-order valence-corrected chi connectivity index (χ0v) is 14.0. The van der Waals surface area contributed by atoms with Gasteiger partial charge in [-0.1, -0.05) is 33.6 Å². The lowest BCUT2D eigenvalue weighted by Crippen LogP contribution is -2.46. The van der Waals surface area contributed by atoms with Gasteiger partial charge in [0.25, 0.3) is 0 Å². The van der Waals surface area contributed by atoms with Crippen LogP contribution in [0.1, 0.15) is 72.1 Å². The van der Waals surface area contributed by atoms with Crippen molar-refractivity contribution in [3.63, 3.8) is 0 Å². The van der Waals surface area contributed by atoms with E-state index >= 15 is 0 Å². The van der Waals surface area contributed by atoms with Gasteiger partial charge in [-0.2, -0.15) is 0 Å². The summed E-state index contributed by atoms with van der Waals surface area (Å²) >= 11 is 0. The second-order valence-electron chi connectivity index (χ2n) is 8.49. The summed E-state index contributed by atoms with van der Waals surface area (Å²) in [6.45, 7) is 8.06. The molecule has 20 heavy (non-hydrogen) atoms. The standard InChI is InChI=1S/C18H33NO/c1-15-6-5-9-18(12-15,14-20)13-19(4)16-7-10-17(2,3)11-8-16/h14-16H,5-13H2,1-4H3. The third kappa shape index (κ3) is 3.84. The number of rotatable bonds is 4. The third-order valence-corrected chi connectivity index (χ3v) is 5.87. The van der Waals surface area contributed by atoms with Crippen molar-refractivity contribution >= 4 is 6.29 Å². The molecular weight excluding hydrogens is 246 g/mol. The first kappa shape index (κ1) is 16.0. The molecule has 116 valence electrons. The van der Waals surface area contributed by atoms with Crippen molar-refractivity contribution in [1.29, 1.82) is 0 Å². The van der Waals surface area contributed by atoms with Crippen LogP contribution in [-0.4, -0.2) is 30.8 Å². The lowest BCUT2D eigenvalue weighted by atomic mass is 9.70. The molecule has 0 aliphatic heterocycles. The lowest BCUT2D eigenvalue weighted by Gasteiger charge is -2.43. The van der Waals surface area contributed by atoms with Gasteiger partial charge in [0.05, 0.1) is 0 Å². The van der Waals surface area contributed by atoms with E-state index in [1.54, 1.807) is 0 Å². The molecule has 0 heterocycles. The Morgan fingerprint density at radius 1 is 1.15 bits per heavy atom.